The number of carbonyl (C=O) groups is 1. The Bertz CT molecular complexity index is 203. The molecule has 1 heterocycles. The van der Waals surface area contributed by atoms with E-state index < -0.39 is 10.4 Å². The molecule has 1 rings (SSSR count). The molecule has 0 unspecified atom stereocenters. The number of aliphatic hydroxyl groups is 1. The summed E-state index contributed by atoms with van der Waals surface area (Å²) in [5.74, 6) is -0.306. The van der Waals surface area contributed by atoms with Crippen LogP contribution in [-0.2, 0) is 9.53 Å². The molecule has 0 aliphatic carbocycles. The topological polar surface area (TPSA) is 46.5 Å². The standard InChI is InChI=1S/C9H15BrO3/c1-3-4-6-5-13-8(12)9(2,10)7(6)11/h6-7,11H,3-5H2,1-2H3/t6-,7-,9+/m0/s1. The van der Waals surface area contributed by atoms with E-state index in [0.29, 0.717) is 6.61 Å². The van der Waals surface area contributed by atoms with E-state index in [-0.39, 0.29) is 11.9 Å². The fourth-order valence-electron chi connectivity index (χ4n) is 1.59. The van der Waals surface area contributed by atoms with Crippen LogP contribution in [0.25, 0.3) is 0 Å². The van der Waals surface area contributed by atoms with Crippen molar-refractivity contribution < 1.29 is 14.6 Å². The molecule has 3 nitrogen and oxygen atoms in total. The van der Waals surface area contributed by atoms with Crippen LogP contribution in [0.2, 0.25) is 0 Å². The van der Waals surface area contributed by atoms with Crippen LogP contribution in [-0.4, -0.2) is 28.1 Å². The normalized spacial score (nSPS) is 40.2. The summed E-state index contributed by atoms with van der Waals surface area (Å²) in [4.78, 5) is 11.2. The molecule has 0 radical (unpaired) electrons. The highest BCUT2D eigenvalue weighted by atomic mass is 79.9. The summed E-state index contributed by atoms with van der Waals surface area (Å²) < 4.78 is 4.06. The third kappa shape index (κ3) is 2.05. The van der Waals surface area contributed by atoms with Crippen molar-refractivity contribution in [3.8, 4) is 0 Å². The van der Waals surface area contributed by atoms with Gasteiger partial charge in [0.2, 0.25) is 0 Å². The molecule has 1 aliphatic heterocycles. The Kier molecular flexibility index (Phi) is 3.35. The molecule has 0 aromatic heterocycles. The molecule has 76 valence electrons. The number of cyclic esters (lactones) is 1. The highest BCUT2D eigenvalue weighted by molar-refractivity contribution is 9.10. The molecule has 0 aromatic rings. The van der Waals surface area contributed by atoms with Crippen LogP contribution in [0.15, 0.2) is 0 Å². The van der Waals surface area contributed by atoms with E-state index in [9.17, 15) is 9.90 Å². The minimum atomic E-state index is -0.926. The molecule has 0 bridgehead atoms. The zero-order valence-electron chi connectivity index (χ0n) is 7.92. The van der Waals surface area contributed by atoms with Crippen LogP contribution < -0.4 is 0 Å². The predicted octanol–water partition coefficient (Wildman–Crippen LogP) is 1.47. The Morgan fingerprint density at radius 1 is 1.77 bits per heavy atom. The molecule has 0 spiro atoms. The van der Waals surface area contributed by atoms with Gasteiger partial charge in [-0.15, -0.1) is 0 Å². The number of rotatable bonds is 2. The van der Waals surface area contributed by atoms with Gasteiger partial charge in [0.05, 0.1) is 12.7 Å². The van der Waals surface area contributed by atoms with Gasteiger partial charge in [-0.1, -0.05) is 29.3 Å². The molecule has 13 heavy (non-hydrogen) atoms. The van der Waals surface area contributed by atoms with Gasteiger partial charge in [-0.05, 0) is 13.3 Å². The molecule has 4 heteroatoms. The maximum atomic E-state index is 11.2. The lowest BCUT2D eigenvalue weighted by molar-refractivity contribution is -0.161. The van der Waals surface area contributed by atoms with Crippen LogP contribution in [0.4, 0.5) is 0 Å². The lowest BCUT2D eigenvalue weighted by Gasteiger charge is -2.37. The monoisotopic (exact) mass is 250 g/mol. The maximum Gasteiger partial charge on any atom is 0.325 e. The summed E-state index contributed by atoms with van der Waals surface area (Å²) >= 11 is 3.21. The minimum Gasteiger partial charge on any atom is -0.464 e. The van der Waals surface area contributed by atoms with Crippen molar-refractivity contribution in [2.24, 2.45) is 5.92 Å². The zero-order chi connectivity index (χ0) is 10.1. The van der Waals surface area contributed by atoms with Crippen LogP contribution in [0.1, 0.15) is 26.7 Å². The van der Waals surface area contributed by atoms with E-state index in [4.69, 9.17) is 4.74 Å². The molecule has 0 amide bonds. The number of esters is 1. The summed E-state index contributed by atoms with van der Waals surface area (Å²) in [6.07, 6.45) is 1.23. The second-order valence-electron chi connectivity index (χ2n) is 3.67. The second kappa shape index (κ2) is 3.96. The molecular weight excluding hydrogens is 236 g/mol. The number of ether oxygens (including phenoxy) is 1. The van der Waals surface area contributed by atoms with Gasteiger partial charge in [0.1, 0.15) is 4.32 Å². The number of hydrogen-bond acceptors (Lipinski definition) is 3. The van der Waals surface area contributed by atoms with Crippen LogP contribution in [0.3, 0.4) is 0 Å². The van der Waals surface area contributed by atoms with Gasteiger partial charge >= 0.3 is 5.97 Å². The van der Waals surface area contributed by atoms with Gasteiger partial charge < -0.3 is 9.84 Å². The van der Waals surface area contributed by atoms with E-state index in [1.807, 2.05) is 0 Å². The van der Waals surface area contributed by atoms with E-state index in [1.54, 1.807) is 6.92 Å². The van der Waals surface area contributed by atoms with Crippen molar-refractivity contribution in [2.45, 2.75) is 37.1 Å². The smallest absolute Gasteiger partial charge is 0.325 e. The van der Waals surface area contributed by atoms with Crippen molar-refractivity contribution in [2.75, 3.05) is 6.61 Å². The zero-order valence-corrected chi connectivity index (χ0v) is 9.50. The van der Waals surface area contributed by atoms with Crippen LogP contribution >= 0.6 is 15.9 Å². The highest BCUT2D eigenvalue weighted by Gasteiger charge is 2.47. The Morgan fingerprint density at radius 3 is 2.92 bits per heavy atom. The number of hydrogen-bond donors (Lipinski definition) is 1. The maximum absolute atomic E-state index is 11.2. The number of aliphatic hydroxyl groups excluding tert-OH is 1. The molecule has 1 fully saturated rings. The van der Waals surface area contributed by atoms with Crippen molar-refractivity contribution in [1.82, 2.24) is 0 Å². The van der Waals surface area contributed by atoms with Gasteiger partial charge in [-0.2, -0.15) is 0 Å². The molecular formula is C9H15BrO3. The predicted molar refractivity (Wildman–Crippen MR) is 52.7 cm³/mol. The lowest BCUT2D eigenvalue weighted by Crippen LogP contribution is -2.52. The van der Waals surface area contributed by atoms with Crippen molar-refractivity contribution in [3.05, 3.63) is 0 Å². The molecule has 1 N–H and O–H groups in total. The van der Waals surface area contributed by atoms with Gasteiger partial charge in [0.25, 0.3) is 0 Å². The third-order valence-corrected chi connectivity index (χ3v) is 3.28. The molecule has 1 saturated heterocycles. The first-order valence-electron chi connectivity index (χ1n) is 4.54. The summed E-state index contributed by atoms with van der Waals surface area (Å²) in [6, 6.07) is 0. The second-order valence-corrected chi connectivity index (χ2v) is 5.31. The van der Waals surface area contributed by atoms with Crippen LogP contribution in [0.5, 0.6) is 0 Å². The summed E-state index contributed by atoms with van der Waals surface area (Å²) in [5.41, 5.74) is 0. The fraction of sp³-hybridized carbons (Fsp3) is 0.889. The molecule has 0 aromatic carbocycles. The van der Waals surface area contributed by atoms with Gasteiger partial charge in [-0.25, -0.2) is 0 Å². The minimum absolute atomic E-state index is 0.0621. The Morgan fingerprint density at radius 2 is 2.38 bits per heavy atom. The van der Waals surface area contributed by atoms with Crippen molar-refractivity contribution in [3.63, 3.8) is 0 Å². The quantitative estimate of drug-likeness (QED) is 0.597. The van der Waals surface area contributed by atoms with E-state index in [0.717, 1.165) is 12.8 Å². The fourth-order valence-corrected chi connectivity index (χ4v) is 2.08. The summed E-state index contributed by atoms with van der Waals surface area (Å²) in [6.45, 7) is 4.05. The molecule has 3 atom stereocenters. The average molecular weight is 251 g/mol. The van der Waals surface area contributed by atoms with E-state index >= 15 is 0 Å². The third-order valence-electron chi connectivity index (χ3n) is 2.49. The molecule has 0 saturated carbocycles. The van der Waals surface area contributed by atoms with E-state index in [1.165, 1.54) is 0 Å². The SMILES string of the molecule is CCC[C@H]1COC(=O)[C@](C)(Br)[C@H]1O. The van der Waals surface area contributed by atoms with Gasteiger partial charge in [0, 0.05) is 5.92 Å². The van der Waals surface area contributed by atoms with Crippen molar-refractivity contribution in [1.29, 1.82) is 0 Å². The van der Waals surface area contributed by atoms with Crippen molar-refractivity contribution >= 4 is 21.9 Å². The first kappa shape index (κ1) is 11.0. The Hall–Kier alpha value is -0.0900. The number of carbonyl (C=O) groups excluding carboxylic acids is 1. The Labute approximate surface area is 86.6 Å². The van der Waals surface area contributed by atoms with E-state index in [2.05, 4.69) is 22.9 Å². The summed E-state index contributed by atoms with van der Waals surface area (Å²) in [5, 5.41) is 9.85. The van der Waals surface area contributed by atoms with Gasteiger partial charge in [0.15, 0.2) is 0 Å². The number of alkyl halides is 1. The highest BCUT2D eigenvalue weighted by Crippen LogP contribution is 2.34. The van der Waals surface area contributed by atoms with Crippen LogP contribution in [0, 0.1) is 5.92 Å². The lowest BCUT2D eigenvalue weighted by atomic mass is 9.87. The summed E-state index contributed by atoms with van der Waals surface area (Å²) in [7, 11) is 0. The average Bonchev–Trinajstić information content (AvgIpc) is 2.08. The Balaban J connectivity index is 2.70. The number of halogens is 1. The van der Waals surface area contributed by atoms with Gasteiger partial charge in [-0.3, -0.25) is 4.79 Å². The first-order valence-corrected chi connectivity index (χ1v) is 5.33. The molecule has 1 aliphatic rings. The first-order chi connectivity index (χ1) is 6.00. The largest absolute Gasteiger partial charge is 0.464 e.